The highest BCUT2D eigenvalue weighted by atomic mass is 35.5. The average Bonchev–Trinajstić information content (AvgIpc) is 3.04. The topological polar surface area (TPSA) is 62.5 Å². The Kier molecular flexibility index (Phi) is 6.18. The summed E-state index contributed by atoms with van der Waals surface area (Å²) in [5, 5.41) is 0.739. The van der Waals surface area contributed by atoms with Crippen molar-refractivity contribution in [1.29, 1.82) is 0 Å². The van der Waals surface area contributed by atoms with Gasteiger partial charge in [-0.15, -0.1) is 0 Å². The molecule has 29 heavy (non-hydrogen) atoms. The van der Waals surface area contributed by atoms with Crippen LogP contribution in [0.5, 0.6) is 0 Å². The molecule has 154 valence electrons. The zero-order valence-corrected chi connectivity index (χ0v) is 17.5. The van der Waals surface area contributed by atoms with E-state index in [1.807, 2.05) is 47.5 Å². The lowest BCUT2D eigenvalue weighted by molar-refractivity contribution is -0.138. The molecule has 5 nitrogen and oxygen atoms in total. The van der Waals surface area contributed by atoms with Gasteiger partial charge in [0.2, 0.25) is 5.91 Å². The number of nitrogens with two attached hydrogens (primary N) is 1. The average molecular weight is 413 g/mol. The first kappa shape index (κ1) is 20.3. The van der Waals surface area contributed by atoms with E-state index in [0.29, 0.717) is 12.5 Å². The van der Waals surface area contributed by atoms with Crippen LogP contribution in [0, 0.1) is 5.41 Å². The molecule has 0 aliphatic carbocycles. The van der Waals surface area contributed by atoms with Crippen molar-refractivity contribution < 1.29 is 4.79 Å². The van der Waals surface area contributed by atoms with E-state index in [1.165, 1.54) is 0 Å². The van der Waals surface area contributed by atoms with E-state index in [0.717, 1.165) is 68.0 Å². The molecule has 1 atom stereocenters. The van der Waals surface area contributed by atoms with Gasteiger partial charge in [0, 0.05) is 36.5 Å². The van der Waals surface area contributed by atoms with Crippen LogP contribution in [0.4, 0.5) is 0 Å². The van der Waals surface area contributed by atoms with Gasteiger partial charge in [-0.2, -0.15) is 0 Å². The second kappa shape index (κ2) is 8.82. The van der Waals surface area contributed by atoms with Crippen LogP contribution in [0.1, 0.15) is 42.9 Å². The summed E-state index contributed by atoms with van der Waals surface area (Å²) in [7, 11) is 0. The molecule has 1 aromatic carbocycles. The first-order chi connectivity index (χ1) is 14.1. The molecule has 1 spiro atoms. The van der Waals surface area contributed by atoms with E-state index in [4.69, 9.17) is 17.3 Å². The molecular weight excluding hydrogens is 384 g/mol. The Morgan fingerprint density at radius 1 is 1.10 bits per heavy atom. The third-order valence-corrected chi connectivity index (χ3v) is 6.92. The fourth-order valence-electron chi connectivity index (χ4n) is 4.68. The summed E-state index contributed by atoms with van der Waals surface area (Å²) in [5.74, 6) is 0.328. The minimum absolute atomic E-state index is 0.0531. The van der Waals surface area contributed by atoms with Crippen molar-refractivity contribution in [2.24, 2.45) is 11.1 Å². The summed E-state index contributed by atoms with van der Waals surface area (Å²) in [6.07, 6.45) is 7.34. The minimum atomic E-state index is -0.163. The third kappa shape index (κ3) is 4.47. The third-order valence-electron chi connectivity index (χ3n) is 6.57. The highest BCUT2D eigenvalue weighted by Crippen LogP contribution is 2.42. The molecule has 0 saturated carbocycles. The normalized spacial score (nSPS) is 20.3. The number of benzene rings is 1. The van der Waals surface area contributed by atoms with Crippen LogP contribution < -0.4 is 5.73 Å². The van der Waals surface area contributed by atoms with Crippen LogP contribution in [-0.2, 0) is 11.3 Å². The van der Waals surface area contributed by atoms with Gasteiger partial charge in [0.1, 0.15) is 0 Å². The van der Waals surface area contributed by atoms with E-state index in [-0.39, 0.29) is 11.5 Å². The Labute approximate surface area is 177 Å². The van der Waals surface area contributed by atoms with Crippen LogP contribution in [0.2, 0.25) is 5.02 Å². The van der Waals surface area contributed by atoms with Gasteiger partial charge in [0.25, 0.3) is 0 Å². The number of amides is 1. The highest BCUT2D eigenvalue weighted by molar-refractivity contribution is 6.31. The monoisotopic (exact) mass is 412 g/mol. The van der Waals surface area contributed by atoms with Crippen LogP contribution in [0.15, 0.2) is 48.8 Å². The molecule has 2 aliphatic heterocycles. The molecule has 2 aliphatic rings. The van der Waals surface area contributed by atoms with Crippen molar-refractivity contribution in [2.75, 3.05) is 26.2 Å². The van der Waals surface area contributed by atoms with Gasteiger partial charge in [-0.25, -0.2) is 0 Å². The number of aromatic nitrogens is 1. The van der Waals surface area contributed by atoms with Crippen LogP contribution in [-0.4, -0.2) is 46.9 Å². The lowest BCUT2D eigenvalue weighted by Crippen LogP contribution is -2.45. The van der Waals surface area contributed by atoms with Crippen molar-refractivity contribution in [3.63, 3.8) is 0 Å². The molecule has 6 heteroatoms. The maximum absolute atomic E-state index is 13.1. The maximum Gasteiger partial charge on any atom is 0.229 e. The smallest absolute Gasteiger partial charge is 0.229 e. The molecule has 1 amide bonds. The molecule has 4 rings (SSSR count). The van der Waals surface area contributed by atoms with Crippen molar-refractivity contribution in [3.8, 4) is 0 Å². The van der Waals surface area contributed by atoms with E-state index in [2.05, 4.69) is 9.88 Å². The first-order valence-corrected chi connectivity index (χ1v) is 10.9. The summed E-state index contributed by atoms with van der Waals surface area (Å²) in [5.41, 5.74) is 8.32. The number of hydrogen-bond acceptors (Lipinski definition) is 4. The number of halogens is 1. The zero-order chi connectivity index (χ0) is 20.3. The van der Waals surface area contributed by atoms with Gasteiger partial charge < -0.3 is 15.5 Å². The molecule has 1 aromatic heterocycles. The van der Waals surface area contributed by atoms with Gasteiger partial charge in [-0.05, 0) is 68.6 Å². The van der Waals surface area contributed by atoms with Crippen molar-refractivity contribution in [2.45, 2.75) is 38.3 Å². The maximum atomic E-state index is 13.1. The largest absolute Gasteiger partial charge is 0.338 e. The van der Waals surface area contributed by atoms with E-state index < -0.39 is 0 Å². The molecule has 2 saturated heterocycles. The fraction of sp³-hybridized carbons (Fsp3) is 0.478. The summed E-state index contributed by atoms with van der Waals surface area (Å²) in [6, 6.07) is 11.7. The first-order valence-electron chi connectivity index (χ1n) is 10.5. The molecular formula is C23H29ClN4O. The molecule has 0 radical (unpaired) electrons. The molecule has 1 unspecified atom stereocenters. The Bertz CT molecular complexity index is 836. The van der Waals surface area contributed by atoms with Crippen molar-refractivity contribution >= 4 is 17.5 Å². The predicted molar refractivity (Wildman–Crippen MR) is 115 cm³/mol. The van der Waals surface area contributed by atoms with Gasteiger partial charge in [0.05, 0.1) is 5.41 Å². The number of rotatable bonds is 6. The minimum Gasteiger partial charge on any atom is -0.338 e. The second-order valence-corrected chi connectivity index (χ2v) is 8.78. The Morgan fingerprint density at radius 3 is 2.59 bits per heavy atom. The quantitative estimate of drug-likeness (QED) is 0.786. The standard InChI is InChI=1S/C23H29ClN4O/c24-20-6-2-1-5-19(20)21(25)7-12-27-13-8-23(9-14-27)10-15-28(22(23)29)17-18-4-3-11-26-16-18/h1-6,11,16,21H,7-10,12-15,17,25H2. The number of carbonyl (C=O) groups excluding carboxylic acids is 1. The van der Waals surface area contributed by atoms with Crippen LogP contribution in [0.25, 0.3) is 0 Å². The van der Waals surface area contributed by atoms with Crippen molar-refractivity contribution in [3.05, 3.63) is 64.9 Å². The van der Waals surface area contributed by atoms with E-state index in [1.54, 1.807) is 6.20 Å². The number of likely N-dealkylation sites (tertiary alicyclic amines) is 2. The molecule has 2 aromatic rings. The number of nitrogens with zero attached hydrogens (tertiary/aromatic N) is 3. The Hall–Kier alpha value is -1.95. The second-order valence-electron chi connectivity index (χ2n) is 8.38. The SMILES string of the molecule is NC(CCN1CCC2(CC1)CCN(Cc1cccnc1)C2=O)c1ccccc1Cl. The predicted octanol–water partition coefficient (Wildman–Crippen LogP) is 3.64. The summed E-state index contributed by atoms with van der Waals surface area (Å²) >= 11 is 6.27. The zero-order valence-electron chi connectivity index (χ0n) is 16.8. The molecule has 3 heterocycles. The Balaban J connectivity index is 1.28. The molecule has 0 bridgehead atoms. The highest BCUT2D eigenvalue weighted by Gasteiger charge is 2.47. The van der Waals surface area contributed by atoms with Gasteiger partial charge in [-0.3, -0.25) is 9.78 Å². The van der Waals surface area contributed by atoms with Crippen LogP contribution >= 0.6 is 11.6 Å². The van der Waals surface area contributed by atoms with E-state index in [9.17, 15) is 4.79 Å². The Morgan fingerprint density at radius 2 is 1.86 bits per heavy atom. The number of hydrogen-bond donors (Lipinski definition) is 1. The lowest BCUT2D eigenvalue weighted by Gasteiger charge is -2.38. The lowest BCUT2D eigenvalue weighted by atomic mass is 9.77. The van der Waals surface area contributed by atoms with Crippen molar-refractivity contribution in [1.82, 2.24) is 14.8 Å². The van der Waals surface area contributed by atoms with Gasteiger partial charge in [0.15, 0.2) is 0 Å². The van der Waals surface area contributed by atoms with Gasteiger partial charge in [-0.1, -0.05) is 35.9 Å². The number of pyridine rings is 1. The van der Waals surface area contributed by atoms with Gasteiger partial charge >= 0.3 is 0 Å². The summed E-state index contributed by atoms with van der Waals surface area (Å²) in [4.78, 5) is 21.8. The summed E-state index contributed by atoms with van der Waals surface area (Å²) in [6.45, 7) is 4.38. The number of piperidine rings is 1. The summed E-state index contributed by atoms with van der Waals surface area (Å²) < 4.78 is 0. The number of carbonyl (C=O) groups is 1. The van der Waals surface area contributed by atoms with E-state index >= 15 is 0 Å². The van der Waals surface area contributed by atoms with Crippen LogP contribution in [0.3, 0.4) is 0 Å². The molecule has 2 fully saturated rings. The fourth-order valence-corrected chi connectivity index (χ4v) is 4.95. The molecule has 2 N–H and O–H groups in total.